The summed E-state index contributed by atoms with van der Waals surface area (Å²) in [6, 6.07) is -0.870. The van der Waals surface area contributed by atoms with Crippen LogP contribution in [0, 0.1) is 0 Å². The van der Waals surface area contributed by atoms with E-state index in [0.717, 1.165) is 4.90 Å². The molecule has 1 heterocycles. The van der Waals surface area contributed by atoms with Crippen LogP contribution in [-0.2, 0) is 4.79 Å². The minimum absolute atomic E-state index is 0.0784. The Kier molecular flexibility index (Phi) is 2.09. The van der Waals surface area contributed by atoms with Gasteiger partial charge in [-0.1, -0.05) is 0 Å². The van der Waals surface area contributed by atoms with Gasteiger partial charge in [0.15, 0.2) is 0 Å². The monoisotopic (exact) mass is 158 g/mol. The zero-order chi connectivity index (χ0) is 8.43. The van der Waals surface area contributed by atoms with Crippen LogP contribution in [-0.4, -0.2) is 41.1 Å². The van der Waals surface area contributed by atoms with Crippen LogP contribution in [0.15, 0.2) is 0 Å². The predicted molar refractivity (Wildman–Crippen MR) is 36.8 cm³/mol. The van der Waals surface area contributed by atoms with Gasteiger partial charge in [-0.3, -0.25) is 9.69 Å². The molecule has 1 unspecified atom stereocenters. The number of urea groups is 1. The molecule has 0 aromatic rings. The molecule has 1 aliphatic rings. The Bertz CT molecular complexity index is 192. The van der Waals surface area contributed by atoms with Crippen molar-refractivity contribution in [3.05, 3.63) is 0 Å². The quantitative estimate of drug-likeness (QED) is 0.502. The van der Waals surface area contributed by atoms with Crippen molar-refractivity contribution < 1.29 is 14.7 Å². The van der Waals surface area contributed by atoms with Crippen LogP contribution in [0.25, 0.3) is 0 Å². The maximum absolute atomic E-state index is 11.0. The first-order valence-corrected chi connectivity index (χ1v) is 3.39. The van der Waals surface area contributed by atoms with Gasteiger partial charge in [0.25, 0.3) is 5.91 Å². The third-order valence-corrected chi connectivity index (χ3v) is 1.55. The van der Waals surface area contributed by atoms with E-state index in [2.05, 4.69) is 5.32 Å². The molecule has 62 valence electrons. The van der Waals surface area contributed by atoms with Crippen LogP contribution < -0.4 is 5.32 Å². The third-order valence-electron chi connectivity index (χ3n) is 1.55. The van der Waals surface area contributed by atoms with E-state index in [1.54, 1.807) is 6.92 Å². The molecular weight excluding hydrogens is 148 g/mol. The van der Waals surface area contributed by atoms with E-state index in [9.17, 15) is 9.59 Å². The molecule has 0 radical (unpaired) electrons. The fourth-order valence-corrected chi connectivity index (χ4v) is 0.970. The molecule has 0 aromatic heterocycles. The van der Waals surface area contributed by atoms with Gasteiger partial charge in [-0.2, -0.15) is 0 Å². The SMILES string of the molecule is CC1NC(=O)N(CCO)C1=O. The Morgan fingerprint density at radius 3 is 2.64 bits per heavy atom. The van der Waals surface area contributed by atoms with Crippen LogP contribution >= 0.6 is 0 Å². The molecule has 1 atom stereocenters. The summed E-state index contributed by atoms with van der Waals surface area (Å²) in [4.78, 5) is 22.9. The highest BCUT2D eigenvalue weighted by molar-refractivity contribution is 6.03. The molecule has 5 nitrogen and oxygen atoms in total. The molecule has 1 saturated heterocycles. The molecule has 0 bridgehead atoms. The van der Waals surface area contributed by atoms with Crippen molar-refractivity contribution in [2.24, 2.45) is 0 Å². The second-order valence-corrected chi connectivity index (χ2v) is 2.38. The lowest BCUT2D eigenvalue weighted by atomic mass is 10.3. The number of nitrogens with one attached hydrogen (secondary N) is 1. The number of aliphatic hydroxyl groups is 1. The summed E-state index contributed by atoms with van der Waals surface area (Å²) >= 11 is 0. The molecule has 1 rings (SSSR count). The fourth-order valence-electron chi connectivity index (χ4n) is 0.970. The molecule has 2 N–H and O–H groups in total. The molecule has 0 spiro atoms. The van der Waals surface area contributed by atoms with Crippen LogP contribution in [0.1, 0.15) is 6.92 Å². The van der Waals surface area contributed by atoms with Gasteiger partial charge < -0.3 is 10.4 Å². The van der Waals surface area contributed by atoms with E-state index < -0.39 is 12.1 Å². The molecule has 1 fully saturated rings. The minimum Gasteiger partial charge on any atom is -0.395 e. The summed E-state index contributed by atoms with van der Waals surface area (Å²) in [5.41, 5.74) is 0. The van der Waals surface area contributed by atoms with E-state index in [-0.39, 0.29) is 19.1 Å². The standard InChI is InChI=1S/C6H10N2O3/c1-4-5(10)8(2-3-9)6(11)7-4/h4,9H,2-3H2,1H3,(H,7,11). The lowest BCUT2D eigenvalue weighted by Crippen LogP contribution is -2.33. The molecule has 0 aromatic carbocycles. The fraction of sp³-hybridized carbons (Fsp3) is 0.667. The van der Waals surface area contributed by atoms with Gasteiger partial charge in [0, 0.05) is 0 Å². The van der Waals surface area contributed by atoms with E-state index in [4.69, 9.17) is 5.11 Å². The summed E-state index contributed by atoms with van der Waals surface area (Å²) in [5, 5.41) is 10.9. The lowest BCUT2D eigenvalue weighted by molar-refractivity contribution is -0.127. The van der Waals surface area contributed by atoms with Gasteiger partial charge in [-0.25, -0.2) is 4.79 Å². The molecule has 11 heavy (non-hydrogen) atoms. The number of carbonyl (C=O) groups excluding carboxylic acids is 2. The summed E-state index contributed by atoms with van der Waals surface area (Å²) in [6.07, 6.45) is 0. The first-order valence-electron chi connectivity index (χ1n) is 3.39. The highest BCUT2D eigenvalue weighted by Crippen LogP contribution is 2.03. The Morgan fingerprint density at radius 2 is 2.27 bits per heavy atom. The number of aliphatic hydroxyl groups excluding tert-OH is 1. The normalized spacial score (nSPS) is 24.2. The van der Waals surface area contributed by atoms with E-state index in [0.29, 0.717) is 0 Å². The number of hydrogen-bond acceptors (Lipinski definition) is 3. The van der Waals surface area contributed by atoms with E-state index >= 15 is 0 Å². The van der Waals surface area contributed by atoms with Gasteiger partial charge in [0.1, 0.15) is 6.04 Å². The van der Waals surface area contributed by atoms with Crippen molar-refractivity contribution in [1.82, 2.24) is 10.2 Å². The number of carbonyl (C=O) groups is 2. The second-order valence-electron chi connectivity index (χ2n) is 2.38. The van der Waals surface area contributed by atoms with Crippen LogP contribution in [0.5, 0.6) is 0 Å². The zero-order valence-electron chi connectivity index (χ0n) is 6.20. The third kappa shape index (κ3) is 1.32. The van der Waals surface area contributed by atoms with Crippen LogP contribution in [0.2, 0.25) is 0 Å². The Hall–Kier alpha value is -1.10. The summed E-state index contributed by atoms with van der Waals surface area (Å²) < 4.78 is 0. The highest BCUT2D eigenvalue weighted by atomic mass is 16.3. The minimum atomic E-state index is -0.450. The maximum Gasteiger partial charge on any atom is 0.324 e. The molecule has 0 saturated carbocycles. The average Bonchev–Trinajstić information content (AvgIpc) is 2.17. The number of rotatable bonds is 2. The van der Waals surface area contributed by atoms with Crippen molar-refractivity contribution in [3.8, 4) is 0 Å². The van der Waals surface area contributed by atoms with Crippen molar-refractivity contribution in [3.63, 3.8) is 0 Å². The smallest absolute Gasteiger partial charge is 0.324 e. The zero-order valence-corrected chi connectivity index (χ0v) is 6.20. The van der Waals surface area contributed by atoms with Crippen molar-refractivity contribution in [1.29, 1.82) is 0 Å². The highest BCUT2D eigenvalue weighted by Gasteiger charge is 2.33. The summed E-state index contributed by atoms with van der Waals surface area (Å²) in [5.74, 6) is -0.274. The number of nitrogens with zero attached hydrogens (tertiary/aromatic N) is 1. The molecular formula is C6H10N2O3. The Morgan fingerprint density at radius 1 is 1.64 bits per heavy atom. The van der Waals surface area contributed by atoms with Gasteiger partial charge >= 0.3 is 6.03 Å². The van der Waals surface area contributed by atoms with Gasteiger partial charge in [-0.05, 0) is 6.92 Å². The Labute approximate surface area is 64.0 Å². The summed E-state index contributed by atoms with van der Waals surface area (Å²) in [6.45, 7) is 1.50. The Balaban J connectivity index is 2.64. The number of β-amino-alcohol motifs (C(OH)–C–C–N with tert-alkyl or cyclic N) is 1. The first kappa shape index (κ1) is 8.00. The van der Waals surface area contributed by atoms with Crippen molar-refractivity contribution in [2.75, 3.05) is 13.2 Å². The molecule has 1 aliphatic heterocycles. The average molecular weight is 158 g/mol. The second kappa shape index (κ2) is 2.87. The first-order chi connectivity index (χ1) is 5.16. The van der Waals surface area contributed by atoms with Gasteiger partial charge in [0.05, 0.1) is 13.2 Å². The number of amides is 3. The van der Waals surface area contributed by atoms with Crippen molar-refractivity contribution >= 4 is 11.9 Å². The number of hydrogen-bond donors (Lipinski definition) is 2. The van der Waals surface area contributed by atoms with Crippen LogP contribution in [0.4, 0.5) is 4.79 Å². The largest absolute Gasteiger partial charge is 0.395 e. The molecule has 3 amide bonds. The summed E-state index contributed by atoms with van der Waals surface area (Å²) in [7, 11) is 0. The molecule has 5 heteroatoms. The van der Waals surface area contributed by atoms with Crippen LogP contribution in [0.3, 0.4) is 0 Å². The van der Waals surface area contributed by atoms with Crippen molar-refractivity contribution in [2.45, 2.75) is 13.0 Å². The van der Waals surface area contributed by atoms with Gasteiger partial charge in [-0.15, -0.1) is 0 Å². The predicted octanol–water partition coefficient (Wildman–Crippen LogP) is -1.08. The van der Waals surface area contributed by atoms with E-state index in [1.807, 2.05) is 0 Å². The van der Waals surface area contributed by atoms with Gasteiger partial charge in [0.2, 0.25) is 0 Å². The van der Waals surface area contributed by atoms with E-state index in [1.165, 1.54) is 0 Å². The topological polar surface area (TPSA) is 69.6 Å². The molecule has 0 aliphatic carbocycles. The lowest BCUT2D eigenvalue weighted by Gasteiger charge is -2.08. The maximum atomic E-state index is 11.0. The number of imide groups is 1.